The van der Waals surface area contributed by atoms with Crippen molar-refractivity contribution in [2.45, 2.75) is 0 Å². The van der Waals surface area contributed by atoms with Gasteiger partial charge in [-0.2, -0.15) is 0 Å². The quantitative estimate of drug-likeness (QED) is 0.627. The Morgan fingerprint density at radius 3 is 2.82 bits per heavy atom. The van der Waals surface area contributed by atoms with Gasteiger partial charge in [-0.15, -0.1) is 5.10 Å². The van der Waals surface area contributed by atoms with Crippen LogP contribution in [0.3, 0.4) is 0 Å². The van der Waals surface area contributed by atoms with Crippen molar-refractivity contribution in [3.05, 3.63) is 54.4 Å². The number of rotatable bonds is 3. The molecule has 0 unspecified atom stereocenters. The van der Waals surface area contributed by atoms with Crippen molar-refractivity contribution in [2.75, 3.05) is 0 Å². The normalized spacial score (nSPS) is 11.1. The highest BCUT2D eigenvalue weighted by Crippen LogP contribution is 2.29. The highest BCUT2D eigenvalue weighted by Gasteiger charge is 2.08. The van der Waals surface area contributed by atoms with Gasteiger partial charge in [-0.05, 0) is 46.4 Å². The number of carbonyl (C=O) groups is 1. The van der Waals surface area contributed by atoms with Crippen LogP contribution in [0.25, 0.3) is 15.7 Å². The van der Waals surface area contributed by atoms with E-state index in [9.17, 15) is 4.79 Å². The molecule has 0 bridgehead atoms. The van der Waals surface area contributed by atoms with Gasteiger partial charge in [0.25, 0.3) is 5.19 Å². The van der Waals surface area contributed by atoms with E-state index in [1.807, 2.05) is 12.1 Å². The Hall–Kier alpha value is -2.93. The molecule has 0 atom stereocenters. The molecule has 0 amide bonds. The number of benzene rings is 2. The van der Waals surface area contributed by atoms with Gasteiger partial charge in [0.15, 0.2) is 0 Å². The lowest BCUT2D eigenvalue weighted by molar-refractivity contribution is 0.0697. The molecular weight excluding hydrogens is 302 g/mol. The Balaban J connectivity index is 1.68. The third-order valence-corrected chi connectivity index (χ3v) is 4.04. The molecule has 0 fully saturated rings. The Bertz CT molecular complexity index is 977. The molecule has 108 valence electrons. The van der Waals surface area contributed by atoms with Gasteiger partial charge in [-0.3, -0.25) is 0 Å². The minimum atomic E-state index is -0.937. The fourth-order valence-electron chi connectivity index (χ4n) is 2.18. The van der Waals surface area contributed by atoms with Gasteiger partial charge >= 0.3 is 5.97 Å². The van der Waals surface area contributed by atoms with Crippen LogP contribution in [0.5, 0.6) is 10.9 Å². The molecule has 6 nitrogen and oxygen atoms in total. The lowest BCUT2D eigenvalue weighted by Crippen LogP contribution is -1.95. The molecule has 0 aliphatic rings. The zero-order valence-electron chi connectivity index (χ0n) is 11.1. The van der Waals surface area contributed by atoms with Crippen molar-refractivity contribution in [1.29, 1.82) is 0 Å². The van der Waals surface area contributed by atoms with Crippen LogP contribution in [-0.2, 0) is 0 Å². The predicted molar refractivity (Wildman–Crippen MR) is 81.8 cm³/mol. The SMILES string of the molecule is O=C(O)c1ccc2cc(Oc3nn4ccnc4s3)ccc2c1. The molecule has 22 heavy (non-hydrogen) atoms. The summed E-state index contributed by atoms with van der Waals surface area (Å²) in [6, 6.07) is 10.4. The minimum Gasteiger partial charge on any atom is -0.478 e. The monoisotopic (exact) mass is 311 g/mol. The van der Waals surface area contributed by atoms with Gasteiger partial charge in [0, 0.05) is 6.20 Å². The van der Waals surface area contributed by atoms with E-state index in [0.717, 1.165) is 15.7 Å². The lowest BCUT2D eigenvalue weighted by Gasteiger charge is -2.04. The highest BCUT2D eigenvalue weighted by molar-refractivity contribution is 7.18. The first kappa shape index (κ1) is 12.8. The van der Waals surface area contributed by atoms with Crippen LogP contribution < -0.4 is 4.74 Å². The number of ether oxygens (including phenoxy) is 1. The fourth-order valence-corrected chi connectivity index (χ4v) is 2.91. The summed E-state index contributed by atoms with van der Waals surface area (Å²) in [5.74, 6) is -0.291. The van der Waals surface area contributed by atoms with Crippen molar-refractivity contribution in [2.24, 2.45) is 0 Å². The minimum absolute atomic E-state index is 0.266. The average molecular weight is 311 g/mol. The van der Waals surface area contributed by atoms with Crippen molar-refractivity contribution >= 4 is 33.0 Å². The molecule has 0 saturated carbocycles. The van der Waals surface area contributed by atoms with Crippen LogP contribution in [0, 0.1) is 0 Å². The average Bonchev–Trinajstić information content (AvgIpc) is 3.07. The van der Waals surface area contributed by atoms with Gasteiger partial charge in [0.1, 0.15) is 5.75 Å². The largest absolute Gasteiger partial charge is 0.478 e. The number of nitrogens with zero attached hydrogens (tertiary/aromatic N) is 3. The first-order chi connectivity index (χ1) is 10.7. The third kappa shape index (κ3) is 2.17. The fraction of sp³-hybridized carbons (Fsp3) is 0. The first-order valence-corrected chi connectivity index (χ1v) is 7.26. The molecule has 0 aliphatic heterocycles. The van der Waals surface area contributed by atoms with Crippen molar-refractivity contribution in [3.8, 4) is 10.9 Å². The highest BCUT2D eigenvalue weighted by atomic mass is 32.1. The summed E-state index contributed by atoms with van der Waals surface area (Å²) in [4.78, 5) is 15.9. The number of hydrogen-bond acceptors (Lipinski definition) is 5. The Kier molecular flexibility index (Phi) is 2.80. The molecule has 0 radical (unpaired) electrons. The Morgan fingerprint density at radius 2 is 2.00 bits per heavy atom. The maximum atomic E-state index is 11.0. The number of imidazole rings is 1. The molecule has 2 aromatic heterocycles. The van der Waals surface area contributed by atoms with Crippen molar-refractivity contribution in [3.63, 3.8) is 0 Å². The number of carboxylic acid groups (broad SMARTS) is 1. The van der Waals surface area contributed by atoms with Gasteiger partial charge in [-0.1, -0.05) is 12.1 Å². The first-order valence-electron chi connectivity index (χ1n) is 6.44. The Labute approximate surface area is 128 Å². The topological polar surface area (TPSA) is 76.7 Å². The van der Waals surface area contributed by atoms with E-state index >= 15 is 0 Å². The molecule has 0 spiro atoms. The van der Waals surface area contributed by atoms with E-state index in [2.05, 4.69) is 10.1 Å². The number of hydrogen-bond donors (Lipinski definition) is 1. The second kappa shape index (κ2) is 4.81. The zero-order valence-corrected chi connectivity index (χ0v) is 11.9. The molecule has 7 heteroatoms. The summed E-state index contributed by atoms with van der Waals surface area (Å²) in [5, 5.41) is 15.5. The van der Waals surface area contributed by atoms with E-state index in [-0.39, 0.29) is 5.56 Å². The molecule has 4 aromatic rings. The molecule has 4 rings (SSSR count). The van der Waals surface area contributed by atoms with Crippen LogP contribution in [0.4, 0.5) is 0 Å². The number of fused-ring (bicyclic) bond motifs is 2. The van der Waals surface area contributed by atoms with Crippen LogP contribution in [-0.4, -0.2) is 25.7 Å². The Morgan fingerprint density at radius 1 is 1.18 bits per heavy atom. The molecule has 2 aromatic carbocycles. The standard InChI is InChI=1S/C15H9N3O3S/c19-13(20)11-2-1-10-8-12(4-3-9(10)7-11)21-15-17-18-6-5-16-14(18)22-15/h1-8H,(H,19,20). The van der Waals surface area contributed by atoms with E-state index < -0.39 is 5.97 Å². The van der Waals surface area contributed by atoms with Crippen LogP contribution in [0.1, 0.15) is 10.4 Å². The van der Waals surface area contributed by atoms with E-state index in [1.165, 1.54) is 11.3 Å². The van der Waals surface area contributed by atoms with Crippen LogP contribution in [0.15, 0.2) is 48.8 Å². The van der Waals surface area contributed by atoms with Crippen LogP contribution in [0.2, 0.25) is 0 Å². The smallest absolute Gasteiger partial charge is 0.335 e. The van der Waals surface area contributed by atoms with E-state index in [4.69, 9.17) is 9.84 Å². The number of carboxylic acids is 1. The van der Waals surface area contributed by atoms with Gasteiger partial charge in [-0.25, -0.2) is 14.3 Å². The molecule has 0 saturated heterocycles. The second-order valence-corrected chi connectivity index (χ2v) is 5.57. The maximum absolute atomic E-state index is 11.0. The zero-order chi connectivity index (χ0) is 15.1. The summed E-state index contributed by atoms with van der Waals surface area (Å²) in [7, 11) is 0. The lowest BCUT2D eigenvalue weighted by atomic mass is 10.1. The summed E-state index contributed by atoms with van der Waals surface area (Å²) in [5.41, 5.74) is 0.266. The van der Waals surface area contributed by atoms with Crippen molar-refractivity contribution in [1.82, 2.24) is 14.6 Å². The van der Waals surface area contributed by atoms with Gasteiger partial charge < -0.3 is 9.84 Å². The number of aromatic carboxylic acids is 1. The summed E-state index contributed by atoms with van der Waals surface area (Å²) < 4.78 is 7.39. The summed E-state index contributed by atoms with van der Waals surface area (Å²) in [6.45, 7) is 0. The predicted octanol–water partition coefficient (Wildman–Crippen LogP) is 3.43. The molecule has 0 aliphatic carbocycles. The third-order valence-electron chi connectivity index (χ3n) is 3.22. The van der Waals surface area contributed by atoms with Gasteiger partial charge in [0.05, 0.1) is 11.8 Å². The maximum Gasteiger partial charge on any atom is 0.335 e. The molecular formula is C15H9N3O3S. The number of aromatic nitrogens is 3. The summed E-state index contributed by atoms with van der Waals surface area (Å²) in [6.07, 6.45) is 3.44. The second-order valence-electron chi connectivity index (χ2n) is 4.65. The van der Waals surface area contributed by atoms with Crippen molar-refractivity contribution < 1.29 is 14.6 Å². The summed E-state index contributed by atoms with van der Waals surface area (Å²) >= 11 is 1.35. The van der Waals surface area contributed by atoms with Crippen LogP contribution >= 0.6 is 11.3 Å². The molecule has 2 heterocycles. The van der Waals surface area contributed by atoms with E-state index in [1.54, 1.807) is 41.2 Å². The van der Waals surface area contributed by atoms with Gasteiger partial charge in [0.2, 0.25) is 4.96 Å². The van der Waals surface area contributed by atoms with E-state index in [0.29, 0.717) is 10.9 Å². The molecule has 1 N–H and O–H groups in total.